The maximum atomic E-state index is 11.2. The molecule has 0 atom stereocenters. The minimum Gasteiger partial charge on any atom is -0.378 e. The second-order valence-corrected chi connectivity index (χ2v) is 3.65. The summed E-state index contributed by atoms with van der Waals surface area (Å²) in [5.74, 6) is 0. The van der Waals surface area contributed by atoms with Crippen molar-refractivity contribution in [2.45, 2.75) is 45.3 Å². The van der Waals surface area contributed by atoms with Crippen molar-refractivity contribution in [2.24, 2.45) is 0 Å². The van der Waals surface area contributed by atoms with E-state index in [-0.39, 0.29) is 6.03 Å². The summed E-state index contributed by atoms with van der Waals surface area (Å²) >= 11 is 0. The molecule has 0 spiro atoms. The fourth-order valence-corrected chi connectivity index (χ4v) is 1.53. The Labute approximate surface area is 85.4 Å². The van der Waals surface area contributed by atoms with E-state index in [1.165, 1.54) is 0 Å². The molecule has 0 radical (unpaired) electrons. The van der Waals surface area contributed by atoms with Gasteiger partial charge in [0.05, 0.1) is 6.10 Å². The van der Waals surface area contributed by atoms with Gasteiger partial charge in [0.15, 0.2) is 0 Å². The highest BCUT2D eigenvalue weighted by atomic mass is 16.5. The Morgan fingerprint density at radius 2 is 2.14 bits per heavy atom. The summed E-state index contributed by atoms with van der Waals surface area (Å²) in [5.41, 5.74) is 0. The van der Waals surface area contributed by atoms with Crippen molar-refractivity contribution in [1.82, 2.24) is 10.6 Å². The number of carbonyl (C=O) groups excluding carboxylic acids is 1. The van der Waals surface area contributed by atoms with Gasteiger partial charge in [-0.25, -0.2) is 4.79 Å². The van der Waals surface area contributed by atoms with Crippen molar-refractivity contribution >= 4 is 6.03 Å². The number of amides is 2. The van der Waals surface area contributed by atoms with E-state index in [2.05, 4.69) is 10.6 Å². The van der Waals surface area contributed by atoms with E-state index in [1.807, 2.05) is 13.8 Å². The van der Waals surface area contributed by atoms with Crippen molar-refractivity contribution in [1.29, 1.82) is 0 Å². The van der Waals surface area contributed by atoms with Crippen molar-refractivity contribution < 1.29 is 9.53 Å². The summed E-state index contributed by atoms with van der Waals surface area (Å²) < 4.78 is 5.40. The second-order valence-electron chi connectivity index (χ2n) is 3.65. The molecule has 1 rings (SSSR count). The first-order valence-electron chi connectivity index (χ1n) is 5.42. The van der Waals surface area contributed by atoms with Crippen molar-refractivity contribution in [2.75, 3.05) is 13.2 Å². The Bertz CT molecular complexity index is 179. The van der Waals surface area contributed by atoms with E-state index in [0.717, 1.165) is 32.4 Å². The Morgan fingerprint density at radius 1 is 1.43 bits per heavy atom. The van der Waals surface area contributed by atoms with Crippen LogP contribution in [0.25, 0.3) is 0 Å². The lowest BCUT2D eigenvalue weighted by Crippen LogP contribution is -2.51. The molecule has 14 heavy (non-hydrogen) atoms. The van der Waals surface area contributed by atoms with E-state index >= 15 is 0 Å². The highest BCUT2D eigenvalue weighted by Gasteiger charge is 2.30. The zero-order valence-electron chi connectivity index (χ0n) is 9.01. The van der Waals surface area contributed by atoms with Crippen LogP contribution >= 0.6 is 0 Å². The molecule has 0 unspecified atom stereocenters. The molecule has 0 bridgehead atoms. The first-order chi connectivity index (χ1) is 6.76. The van der Waals surface area contributed by atoms with E-state index < -0.39 is 0 Å². The monoisotopic (exact) mass is 200 g/mol. The van der Waals surface area contributed by atoms with Gasteiger partial charge < -0.3 is 15.4 Å². The normalized spacial score (nSPS) is 25.3. The van der Waals surface area contributed by atoms with Gasteiger partial charge in [0.1, 0.15) is 0 Å². The molecular weight excluding hydrogens is 180 g/mol. The van der Waals surface area contributed by atoms with Crippen LogP contribution in [0.5, 0.6) is 0 Å². The Hall–Kier alpha value is -0.770. The largest absolute Gasteiger partial charge is 0.378 e. The Morgan fingerprint density at radius 3 is 2.71 bits per heavy atom. The van der Waals surface area contributed by atoms with Gasteiger partial charge in [-0.05, 0) is 26.2 Å². The molecule has 1 aliphatic carbocycles. The Balaban J connectivity index is 2.01. The third kappa shape index (κ3) is 3.54. The Kier molecular flexibility index (Phi) is 4.73. The third-order valence-electron chi connectivity index (χ3n) is 2.37. The van der Waals surface area contributed by atoms with Crippen LogP contribution < -0.4 is 10.6 Å². The maximum absolute atomic E-state index is 11.2. The summed E-state index contributed by atoms with van der Waals surface area (Å²) in [4.78, 5) is 11.2. The molecule has 4 heteroatoms. The summed E-state index contributed by atoms with van der Waals surface area (Å²) in [5, 5.41) is 5.70. The van der Waals surface area contributed by atoms with Gasteiger partial charge in [-0.3, -0.25) is 0 Å². The number of hydrogen-bond donors (Lipinski definition) is 2. The van der Waals surface area contributed by atoms with Crippen molar-refractivity contribution in [3.8, 4) is 0 Å². The van der Waals surface area contributed by atoms with Crippen LogP contribution in [0.3, 0.4) is 0 Å². The minimum absolute atomic E-state index is 0.0493. The lowest BCUT2D eigenvalue weighted by atomic mass is 9.89. The number of rotatable bonds is 5. The molecule has 0 saturated heterocycles. The van der Waals surface area contributed by atoms with Crippen LogP contribution in [0.15, 0.2) is 0 Å². The highest BCUT2D eigenvalue weighted by molar-refractivity contribution is 5.74. The van der Waals surface area contributed by atoms with Crippen LogP contribution in [0.2, 0.25) is 0 Å². The smallest absolute Gasteiger partial charge is 0.315 e. The molecule has 0 aromatic heterocycles. The van der Waals surface area contributed by atoms with Gasteiger partial charge in [-0.15, -0.1) is 0 Å². The van der Waals surface area contributed by atoms with Crippen molar-refractivity contribution in [3.63, 3.8) is 0 Å². The summed E-state index contributed by atoms with van der Waals surface area (Å²) in [7, 11) is 0. The highest BCUT2D eigenvalue weighted by Crippen LogP contribution is 2.22. The van der Waals surface area contributed by atoms with Gasteiger partial charge in [0.25, 0.3) is 0 Å². The van der Waals surface area contributed by atoms with Crippen LogP contribution in [0, 0.1) is 0 Å². The van der Waals surface area contributed by atoms with Gasteiger partial charge in [0.2, 0.25) is 0 Å². The van der Waals surface area contributed by atoms with Gasteiger partial charge in [0, 0.05) is 19.2 Å². The number of hydrogen-bond acceptors (Lipinski definition) is 2. The predicted octanol–water partition coefficient (Wildman–Crippen LogP) is 1.26. The summed E-state index contributed by atoms with van der Waals surface area (Å²) in [6.07, 6.45) is 3.23. The fraction of sp³-hybridized carbons (Fsp3) is 0.900. The predicted molar refractivity (Wildman–Crippen MR) is 55.3 cm³/mol. The minimum atomic E-state index is -0.0493. The lowest BCUT2D eigenvalue weighted by Gasteiger charge is -2.35. The molecule has 1 fully saturated rings. The molecule has 0 aromatic carbocycles. The topological polar surface area (TPSA) is 50.4 Å². The van der Waals surface area contributed by atoms with Crippen LogP contribution in [-0.2, 0) is 4.74 Å². The quantitative estimate of drug-likeness (QED) is 0.702. The molecule has 2 amide bonds. The average Bonchev–Trinajstić information content (AvgIpc) is 2.11. The molecule has 0 aromatic rings. The first kappa shape index (κ1) is 11.3. The zero-order valence-corrected chi connectivity index (χ0v) is 9.01. The number of nitrogens with one attached hydrogen (secondary N) is 2. The molecule has 4 nitrogen and oxygen atoms in total. The van der Waals surface area contributed by atoms with Crippen molar-refractivity contribution in [3.05, 3.63) is 0 Å². The average molecular weight is 200 g/mol. The molecular formula is C10H20N2O2. The standard InChI is InChI=1S/C10H20N2O2/c1-3-5-11-10(13)12-8-6-9(7-8)14-4-2/h8-9H,3-7H2,1-2H3,(H2,11,12,13). The van der Waals surface area contributed by atoms with E-state index in [4.69, 9.17) is 4.74 Å². The molecule has 1 aliphatic rings. The second kappa shape index (κ2) is 5.86. The number of ether oxygens (including phenoxy) is 1. The first-order valence-corrected chi connectivity index (χ1v) is 5.42. The van der Waals surface area contributed by atoms with Gasteiger partial charge in [-0.2, -0.15) is 0 Å². The van der Waals surface area contributed by atoms with Gasteiger partial charge in [-0.1, -0.05) is 6.92 Å². The number of carbonyl (C=O) groups is 1. The fourth-order valence-electron chi connectivity index (χ4n) is 1.53. The molecule has 0 aliphatic heterocycles. The van der Waals surface area contributed by atoms with Crippen LogP contribution in [0.4, 0.5) is 4.79 Å². The van der Waals surface area contributed by atoms with Crippen LogP contribution in [-0.4, -0.2) is 31.3 Å². The molecule has 82 valence electrons. The van der Waals surface area contributed by atoms with E-state index in [0.29, 0.717) is 12.1 Å². The summed E-state index contributed by atoms with van der Waals surface area (Å²) in [6, 6.07) is 0.259. The molecule has 0 heterocycles. The van der Waals surface area contributed by atoms with E-state index in [1.54, 1.807) is 0 Å². The van der Waals surface area contributed by atoms with Gasteiger partial charge >= 0.3 is 6.03 Å². The van der Waals surface area contributed by atoms with Crippen LogP contribution in [0.1, 0.15) is 33.1 Å². The lowest BCUT2D eigenvalue weighted by molar-refractivity contribution is -0.00707. The van der Waals surface area contributed by atoms with E-state index in [9.17, 15) is 4.79 Å². The summed E-state index contributed by atoms with van der Waals surface area (Å²) in [6.45, 7) is 5.54. The molecule has 1 saturated carbocycles. The maximum Gasteiger partial charge on any atom is 0.315 e. The zero-order chi connectivity index (χ0) is 10.4. The molecule has 2 N–H and O–H groups in total. The SMILES string of the molecule is CCCNC(=O)NC1CC(OCC)C1. The third-order valence-corrected chi connectivity index (χ3v) is 2.37. The number of urea groups is 1.